The van der Waals surface area contributed by atoms with Crippen LogP contribution in [0.4, 0.5) is 5.69 Å². The third-order valence-corrected chi connectivity index (χ3v) is 6.47. The van der Waals surface area contributed by atoms with Gasteiger partial charge in [0.05, 0.1) is 4.90 Å². The van der Waals surface area contributed by atoms with Crippen LogP contribution in [-0.2, 0) is 10.0 Å². The highest BCUT2D eigenvalue weighted by atomic mass is 32.2. The van der Waals surface area contributed by atoms with E-state index in [1.807, 2.05) is 19.9 Å². The van der Waals surface area contributed by atoms with Gasteiger partial charge in [0.25, 0.3) is 15.9 Å². The Morgan fingerprint density at radius 1 is 0.862 bits per heavy atom. The van der Waals surface area contributed by atoms with E-state index in [-0.39, 0.29) is 28.7 Å². The number of benzene rings is 2. The van der Waals surface area contributed by atoms with E-state index in [2.05, 4.69) is 37.7 Å². The summed E-state index contributed by atoms with van der Waals surface area (Å²) in [6, 6.07) is 10.3. The van der Waals surface area contributed by atoms with Gasteiger partial charge in [0.1, 0.15) is 0 Å². The minimum Gasteiger partial charge on any atom is -0.349 e. The standard InChI is InChI=1S/C23H32N2O3S/c1-14(2)22(15(3)4)24-23(26)19-9-8-18(7)21(13-19)29(27,28)25-20-11-16(5)10-17(6)12-20/h8-15,22,25H,1-7H3,(H,24,26). The molecule has 0 atom stereocenters. The first-order valence-corrected chi connectivity index (χ1v) is 11.4. The van der Waals surface area contributed by atoms with Crippen molar-refractivity contribution < 1.29 is 13.2 Å². The number of carbonyl (C=O) groups excluding carboxylic acids is 1. The van der Waals surface area contributed by atoms with Crippen LogP contribution in [-0.4, -0.2) is 20.4 Å². The maximum atomic E-state index is 13.0. The Balaban J connectivity index is 2.35. The molecule has 0 bridgehead atoms. The third-order valence-electron chi connectivity index (χ3n) is 4.95. The maximum absolute atomic E-state index is 13.0. The zero-order valence-electron chi connectivity index (χ0n) is 18.3. The largest absolute Gasteiger partial charge is 0.349 e. The van der Waals surface area contributed by atoms with Gasteiger partial charge in [0, 0.05) is 17.3 Å². The van der Waals surface area contributed by atoms with Crippen molar-refractivity contribution >= 4 is 21.6 Å². The predicted molar refractivity (Wildman–Crippen MR) is 119 cm³/mol. The smallest absolute Gasteiger partial charge is 0.262 e. The van der Waals surface area contributed by atoms with Gasteiger partial charge >= 0.3 is 0 Å². The van der Waals surface area contributed by atoms with E-state index in [0.29, 0.717) is 16.8 Å². The van der Waals surface area contributed by atoms with Gasteiger partial charge < -0.3 is 5.32 Å². The molecule has 1 amide bonds. The molecule has 2 N–H and O–H groups in total. The highest BCUT2D eigenvalue weighted by Gasteiger charge is 2.23. The first-order chi connectivity index (χ1) is 13.4. The molecule has 0 fully saturated rings. The lowest BCUT2D eigenvalue weighted by Crippen LogP contribution is -2.42. The van der Waals surface area contributed by atoms with E-state index in [0.717, 1.165) is 11.1 Å². The van der Waals surface area contributed by atoms with E-state index >= 15 is 0 Å². The van der Waals surface area contributed by atoms with E-state index in [9.17, 15) is 13.2 Å². The van der Waals surface area contributed by atoms with Gasteiger partial charge in [0.2, 0.25) is 0 Å². The second kappa shape index (κ2) is 8.99. The third kappa shape index (κ3) is 5.82. The molecular formula is C23H32N2O3S. The number of hydrogen-bond donors (Lipinski definition) is 2. The van der Waals surface area contributed by atoms with Crippen molar-refractivity contribution in [3.8, 4) is 0 Å². The summed E-state index contributed by atoms with van der Waals surface area (Å²) in [5.41, 5.74) is 3.38. The van der Waals surface area contributed by atoms with Crippen molar-refractivity contribution in [1.82, 2.24) is 5.32 Å². The summed E-state index contributed by atoms with van der Waals surface area (Å²) in [7, 11) is -3.82. The molecule has 6 heteroatoms. The molecule has 2 rings (SSSR count). The first-order valence-electron chi connectivity index (χ1n) is 9.93. The number of carbonyl (C=O) groups is 1. The fourth-order valence-corrected chi connectivity index (χ4v) is 4.92. The van der Waals surface area contributed by atoms with Gasteiger partial charge in [-0.25, -0.2) is 8.42 Å². The lowest BCUT2D eigenvalue weighted by Gasteiger charge is -2.26. The van der Waals surface area contributed by atoms with Crippen molar-refractivity contribution in [2.24, 2.45) is 11.8 Å². The molecule has 0 aromatic heterocycles. The molecule has 0 saturated carbocycles. The maximum Gasteiger partial charge on any atom is 0.262 e. The zero-order chi connectivity index (χ0) is 21.9. The van der Waals surface area contributed by atoms with Crippen LogP contribution in [0.3, 0.4) is 0 Å². The molecule has 2 aromatic rings. The summed E-state index contributed by atoms with van der Waals surface area (Å²) in [6.07, 6.45) is 0. The van der Waals surface area contributed by atoms with Crippen LogP contribution in [0.25, 0.3) is 0 Å². The van der Waals surface area contributed by atoms with Gasteiger partial charge in [-0.05, 0) is 73.6 Å². The number of sulfonamides is 1. The number of anilines is 1. The fourth-order valence-electron chi connectivity index (χ4n) is 3.61. The van der Waals surface area contributed by atoms with Crippen LogP contribution >= 0.6 is 0 Å². The molecule has 29 heavy (non-hydrogen) atoms. The molecule has 0 aliphatic carbocycles. The summed E-state index contributed by atoms with van der Waals surface area (Å²) in [5, 5.41) is 3.04. The Bertz CT molecular complexity index is 967. The van der Waals surface area contributed by atoms with Crippen LogP contribution in [0.15, 0.2) is 41.3 Å². The molecule has 0 spiro atoms. The van der Waals surface area contributed by atoms with Gasteiger partial charge in [-0.15, -0.1) is 0 Å². The van der Waals surface area contributed by atoms with Crippen LogP contribution < -0.4 is 10.0 Å². The minimum atomic E-state index is -3.82. The molecule has 0 unspecified atom stereocenters. The lowest BCUT2D eigenvalue weighted by atomic mass is 9.93. The second-order valence-corrected chi connectivity index (χ2v) is 10.1. The van der Waals surface area contributed by atoms with Crippen molar-refractivity contribution in [2.75, 3.05) is 4.72 Å². The quantitative estimate of drug-likeness (QED) is 0.679. The van der Waals surface area contributed by atoms with Gasteiger partial charge in [0.15, 0.2) is 0 Å². The first kappa shape index (κ1) is 22.9. The van der Waals surface area contributed by atoms with Crippen molar-refractivity contribution in [3.63, 3.8) is 0 Å². The molecular weight excluding hydrogens is 384 g/mol. The molecule has 0 heterocycles. The monoisotopic (exact) mass is 416 g/mol. The Morgan fingerprint density at radius 3 is 1.93 bits per heavy atom. The number of nitrogens with one attached hydrogen (secondary N) is 2. The number of amides is 1. The highest BCUT2D eigenvalue weighted by Crippen LogP contribution is 2.23. The molecule has 2 aromatic carbocycles. The Labute approximate surface area is 175 Å². The predicted octanol–water partition coefficient (Wildman–Crippen LogP) is 4.82. The lowest BCUT2D eigenvalue weighted by molar-refractivity contribution is 0.0910. The topological polar surface area (TPSA) is 75.3 Å². The normalized spacial score (nSPS) is 11.9. The summed E-state index contributed by atoms with van der Waals surface area (Å²) >= 11 is 0. The fraction of sp³-hybridized carbons (Fsp3) is 0.435. The molecule has 0 aliphatic heterocycles. The van der Waals surface area contributed by atoms with E-state index < -0.39 is 10.0 Å². The van der Waals surface area contributed by atoms with Gasteiger partial charge in [-0.2, -0.15) is 0 Å². The van der Waals surface area contributed by atoms with Crippen molar-refractivity contribution in [3.05, 3.63) is 58.7 Å². The van der Waals surface area contributed by atoms with Crippen LogP contribution in [0, 0.1) is 32.6 Å². The second-order valence-electron chi connectivity index (χ2n) is 8.45. The van der Waals surface area contributed by atoms with Crippen molar-refractivity contribution in [2.45, 2.75) is 59.4 Å². The Kier molecular flexibility index (Phi) is 7.11. The van der Waals surface area contributed by atoms with E-state index in [4.69, 9.17) is 0 Å². The minimum absolute atomic E-state index is 0.0113. The van der Waals surface area contributed by atoms with Gasteiger partial charge in [-0.3, -0.25) is 9.52 Å². The van der Waals surface area contributed by atoms with Crippen molar-refractivity contribution in [1.29, 1.82) is 0 Å². The number of rotatable bonds is 7. The van der Waals surface area contributed by atoms with E-state index in [1.54, 1.807) is 31.2 Å². The zero-order valence-corrected chi connectivity index (χ0v) is 19.1. The highest BCUT2D eigenvalue weighted by molar-refractivity contribution is 7.92. The van der Waals surface area contributed by atoms with Crippen LogP contribution in [0.2, 0.25) is 0 Å². The molecule has 0 radical (unpaired) electrons. The molecule has 5 nitrogen and oxygen atoms in total. The van der Waals surface area contributed by atoms with Crippen LogP contribution in [0.5, 0.6) is 0 Å². The average molecular weight is 417 g/mol. The Morgan fingerprint density at radius 2 is 1.41 bits per heavy atom. The summed E-state index contributed by atoms with van der Waals surface area (Å²) in [5.74, 6) is 0.290. The Hall–Kier alpha value is -2.34. The summed E-state index contributed by atoms with van der Waals surface area (Å²) in [6.45, 7) is 13.8. The molecule has 0 aliphatic rings. The summed E-state index contributed by atoms with van der Waals surface area (Å²) in [4.78, 5) is 12.9. The SMILES string of the molecule is Cc1cc(C)cc(NS(=O)(=O)c2cc(C(=O)NC(C(C)C)C(C)C)ccc2C)c1. The molecule has 0 saturated heterocycles. The summed E-state index contributed by atoms with van der Waals surface area (Å²) < 4.78 is 28.7. The number of aryl methyl sites for hydroxylation is 3. The van der Waals surface area contributed by atoms with Crippen LogP contribution in [0.1, 0.15) is 54.7 Å². The number of hydrogen-bond acceptors (Lipinski definition) is 3. The van der Waals surface area contributed by atoms with Gasteiger partial charge in [-0.1, -0.05) is 39.8 Å². The van der Waals surface area contributed by atoms with E-state index in [1.165, 1.54) is 6.07 Å². The molecule has 158 valence electrons. The average Bonchev–Trinajstić information content (AvgIpc) is 2.57.